The second-order valence-electron chi connectivity index (χ2n) is 12.1. The van der Waals surface area contributed by atoms with Crippen molar-refractivity contribution in [1.29, 1.82) is 0 Å². The molecule has 208 valence electrons. The van der Waals surface area contributed by atoms with Crippen LogP contribution in [0.5, 0.6) is 0 Å². The maximum atomic E-state index is 2.48. The monoisotopic (exact) mass is 553 g/mol. The minimum Gasteiger partial charge on any atom is -0.308 e. The van der Waals surface area contributed by atoms with Crippen LogP contribution in [0, 0.1) is 13.8 Å². The van der Waals surface area contributed by atoms with Gasteiger partial charge in [0.05, 0.1) is 16.6 Å². The Hall–Kier alpha value is -4.88. The molecule has 8 rings (SSSR count). The van der Waals surface area contributed by atoms with Gasteiger partial charge in [0.1, 0.15) is 0 Å². The number of rotatable bonds is 5. The Labute approximate surface area is 253 Å². The average Bonchev–Trinajstić information content (AvgIpc) is 3.57. The van der Waals surface area contributed by atoms with E-state index in [1.807, 2.05) is 0 Å². The summed E-state index contributed by atoms with van der Waals surface area (Å²) in [6.45, 7) is 9.20. The lowest BCUT2D eigenvalue weighted by molar-refractivity contribution is 0.735. The maximum absolute atomic E-state index is 2.48. The molecule has 0 amide bonds. The van der Waals surface area contributed by atoms with Crippen molar-refractivity contribution in [3.05, 3.63) is 138 Å². The summed E-state index contributed by atoms with van der Waals surface area (Å²) in [5.74, 6) is 0.500. The van der Waals surface area contributed by atoms with Crippen LogP contribution in [-0.4, -0.2) is 4.40 Å². The molecule has 1 unspecified atom stereocenters. The summed E-state index contributed by atoms with van der Waals surface area (Å²) < 4.78 is 2.48. The van der Waals surface area contributed by atoms with Crippen molar-refractivity contribution >= 4 is 38.1 Å². The predicted molar refractivity (Wildman–Crippen MR) is 186 cm³/mol. The third kappa shape index (κ3) is 3.71. The van der Waals surface area contributed by atoms with Crippen LogP contribution in [0.3, 0.4) is 0 Å². The van der Waals surface area contributed by atoms with Gasteiger partial charge in [-0.2, -0.15) is 0 Å². The highest BCUT2D eigenvalue weighted by atomic mass is 14.9. The molecule has 0 saturated heterocycles. The highest BCUT2D eigenvalue weighted by Gasteiger charge is 2.23. The first kappa shape index (κ1) is 25.8. The molecule has 0 aliphatic rings. The van der Waals surface area contributed by atoms with E-state index in [2.05, 4.69) is 153 Å². The highest BCUT2D eigenvalue weighted by Crippen LogP contribution is 2.47. The van der Waals surface area contributed by atoms with Gasteiger partial charge in [0.2, 0.25) is 0 Å². The van der Waals surface area contributed by atoms with Crippen molar-refractivity contribution < 1.29 is 0 Å². The van der Waals surface area contributed by atoms with Gasteiger partial charge in [-0.05, 0) is 88.4 Å². The molecule has 0 aliphatic carbocycles. The molecule has 1 nitrogen and oxygen atoms in total. The van der Waals surface area contributed by atoms with Gasteiger partial charge in [0, 0.05) is 21.5 Å². The van der Waals surface area contributed by atoms with Crippen LogP contribution in [0.25, 0.3) is 71.5 Å². The Bertz CT molecular complexity index is 2320. The minimum absolute atomic E-state index is 0.500. The SMILES string of the molecule is CCC(C)c1ccccc1-c1ccc(-c2cccc3c2c2cccc4c5ccccc5n3c42)c(-c2ccccc2C)c1C. The Kier molecular flexibility index (Phi) is 5.91. The van der Waals surface area contributed by atoms with Gasteiger partial charge in [-0.15, -0.1) is 0 Å². The van der Waals surface area contributed by atoms with Crippen molar-refractivity contribution in [1.82, 2.24) is 4.40 Å². The van der Waals surface area contributed by atoms with Crippen molar-refractivity contribution in [3.63, 3.8) is 0 Å². The van der Waals surface area contributed by atoms with Crippen LogP contribution < -0.4 is 0 Å². The number of nitrogens with zero attached hydrogens (tertiary/aromatic N) is 1. The lowest BCUT2D eigenvalue weighted by atomic mass is 9.82. The number of aromatic nitrogens is 1. The van der Waals surface area contributed by atoms with Gasteiger partial charge in [-0.3, -0.25) is 0 Å². The molecule has 0 aliphatic heterocycles. The van der Waals surface area contributed by atoms with Crippen LogP contribution in [0.15, 0.2) is 121 Å². The number of aryl methyl sites for hydroxylation is 1. The molecular weight excluding hydrogens is 518 g/mol. The first-order chi connectivity index (χ1) is 21.1. The molecule has 0 radical (unpaired) electrons. The van der Waals surface area contributed by atoms with Gasteiger partial charge in [0.25, 0.3) is 0 Å². The third-order valence-corrected chi connectivity index (χ3v) is 9.81. The van der Waals surface area contributed by atoms with Gasteiger partial charge in [-0.1, -0.05) is 123 Å². The smallest absolute Gasteiger partial charge is 0.0620 e. The van der Waals surface area contributed by atoms with Gasteiger partial charge in [0.15, 0.2) is 0 Å². The van der Waals surface area contributed by atoms with E-state index < -0.39 is 0 Å². The van der Waals surface area contributed by atoms with E-state index in [1.165, 1.54) is 88.2 Å². The van der Waals surface area contributed by atoms with Crippen LogP contribution in [0.1, 0.15) is 42.9 Å². The van der Waals surface area contributed by atoms with E-state index in [0.717, 1.165) is 6.42 Å². The molecule has 43 heavy (non-hydrogen) atoms. The zero-order valence-corrected chi connectivity index (χ0v) is 25.3. The number of hydrogen-bond donors (Lipinski definition) is 0. The molecule has 0 saturated carbocycles. The number of para-hydroxylation sites is 2. The minimum atomic E-state index is 0.500. The maximum Gasteiger partial charge on any atom is 0.0620 e. The molecule has 1 heteroatoms. The molecule has 0 spiro atoms. The number of benzene rings is 6. The van der Waals surface area contributed by atoms with Gasteiger partial charge >= 0.3 is 0 Å². The van der Waals surface area contributed by atoms with Crippen LogP contribution in [0.2, 0.25) is 0 Å². The van der Waals surface area contributed by atoms with Gasteiger partial charge in [-0.25, -0.2) is 0 Å². The molecule has 0 fully saturated rings. The third-order valence-electron chi connectivity index (χ3n) is 9.81. The largest absolute Gasteiger partial charge is 0.308 e. The van der Waals surface area contributed by atoms with Crippen molar-refractivity contribution in [3.8, 4) is 33.4 Å². The van der Waals surface area contributed by atoms with Gasteiger partial charge < -0.3 is 4.40 Å². The quantitative estimate of drug-likeness (QED) is 0.200. The molecule has 2 aromatic heterocycles. The molecular formula is C42H35N. The standard InChI is InChI=1S/C42H35N/c1-5-26(2)29-15-8-9-17-32(29)31-24-25-35(40(28(31)4)30-16-7-6-14-27(30)3)34-19-13-23-39-41(34)37-21-12-20-36-33-18-10-11-22-38(33)43(39)42(36)37/h6-26H,5H2,1-4H3. The summed E-state index contributed by atoms with van der Waals surface area (Å²) in [5, 5.41) is 5.29. The summed E-state index contributed by atoms with van der Waals surface area (Å²) in [4.78, 5) is 0. The predicted octanol–water partition coefficient (Wildman–Crippen LogP) is 12.0. The van der Waals surface area contributed by atoms with Crippen molar-refractivity contribution in [2.45, 2.75) is 40.0 Å². The summed E-state index contributed by atoms with van der Waals surface area (Å²) in [7, 11) is 0. The molecule has 2 heterocycles. The molecule has 6 aromatic carbocycles. The van der Waals surface area contributed by atoms with E-state index >= 15 is 0 Å². The second-order valence-corrected chi connectivity index (χ2v) is 12.1. The highest BCUT2D eigenvalue weighted by molar-refractivity contribution is 6.26. The fourth-order valence-corrected chi connectivity index (χ4v) is 7.52. The van der Waals surface area contributed by atoms with Crippen LogP contribution in [-0.2, 0) is 0 Å². The summed E-state index contributed by atoms with van der Waals surface area (Å²) >= 11 is 0. The average molecular weight is 554 g/mol. The summed E-state index contributed by atoms with van der Waals surface area (Å²) in [6, 6.07) is 45.1. The molecule has 8 aromatic rings. The first-order valence-electron chi connectivity index (χ1n) is 15.5. The number of hydrogen-bond acceptors (Lipinski definition) is 0. The van der Waals surface area contributed by atoms with Crippen molar-refractivity contribution in [2.75, 3.05) is 0 Å². The molecule has 1 atom stereocenters. The molecule has 0 N–H and O–H groups in total. The first-order valence-corrected chi connectivity index (χ1v) is 15.5. The summed E-state index contributed by atoms with van der Waals surface area (Å²) in [5.41, 5.74) is 15.8. The summed E-state index contributed by atoms with van der Waals surface area (Å²) in [6.07, 6.45) is 1.12. The lowest BCUT2D eigenvalue weighted by Gasteiger charge is -2.22. The normalized spacial score (nSPS) is 12.7. The molecule has 0 bridgehead atoms. The van der Waals surface area contributed by atoms with E-state index in [9.17, 15) is 0 Å². The van der Waals surface area contributed by atoms with Crippen LogP contribution in [0.4, 0.5) is 0 Å². The van der Waals surface area contributed by atoms with E-state index in [4.69, 9.17) is 0 Å². The van der Waals surface area contributed by atoms with E-state index in [-0.39, 0.29) is 0 Å². The fourth-order valence-electron chi connectivity index (χ4n) is 7.52. The fraction of sp³-hybridized carbons (Fsp3) is 0.143. The second kappa shape index (κ2) is 9.85. The Morgan fingerprint density at radius 2 is 1.16 bits per heavy atom. The van der Waals surface area contributed by atoms with E-state index in [1.54, 1.807) is 0 Å². The Morgan fingerprint density at radius 1 is 0.535 bits per heavy atom. The zero-order chi connectivity index (χ0) is 29.2. The van der Waals surface area contributed by atoms with E-state index in [0.29, 0.717) is 5.92 Å². The van der Waals surface area contributed by atoms with Crippen molar-refractivity contribution in [2.24, 2.45) is 0 Å². The Balaban J connectivity index is 1.49. The Morgan fingerprint density at radius 3 is 2.00 bits per heavy atom. The van der Waals surface area contributed by atoms with Crippen LogP contribution >= 0.6 is 0 Å². The lowest BCUT2D eigenvalue weighted by Crippen LogP contribution is -1.99. The zero-order valence-electron chi connectivity index (χ0n) is 25.3. The topological polar surface area (TPSA) is 4.41 Å². The number of fused-ring (bicyclic) bond motifs is 6.